The fourth-order valence-corrected chi connectivity index (χ4v) is 5.96. The van der Waals surface area contributed by atoms with Gasteiger partial charge in [-0.25, -0.2) is 9.78 Å². The Bertz CT molecular complexity index is 978. The first-order valence-electron chi connectivity index (χ1n) is 11.9. The van der Waals surface area contributed by atoms with Crippen LogP contribution in [0.5, 0.6) is 0 Å². The summed E-state index contributed by atoms with van der Waals surface area (Å²) in [5.74, 6) is 1.12. The van der Waals surface area contributed by atoms with Gasteiger partial charge in [-0.15, -0.1) is 0 Å². The summed E-state index contributed by atoms with van der Waals surface area (Å²) in [5.41, 5.74) is 6.71. The monoisotopic (exact) mass is 437 g/mol. The summed E-state index contributed by atoms with van der Waals surface area (Å²) in [6.07, 6.45) is 1.94. The van der Waals surface area contributed by atoms with E-state index in [9.17, 15) is 4.79 Å². The molecule has 4 rings (SSSR count). The minimum Gasteiger partial charge on any atom is -0.331 e. The van der Waals surface area contributed by atoms with E-state index in [1.807, 2.05) is 19.0 Å². The van der Waals surface area contributed by atoms with Gasteiger partial charge < -0.3 is 14.4 Å². The Morgan fingerprint density at radius 1 is 1.09 bits per heavy atom. The van der Waals surface area contributed by atoms with E-state index in [1.165, 1.54) is 28.1 Å². The number of fused-ring (bicyclic) bond motifs is 2. The highest BCUT2D eigenvalue weighted by atomic mass is 16.2. The first-order valence-corrected chi connectivity index (χ1v) is 11.9. The molecule has 2 aliphatic heterocycles. The van der Waals surface area contributed by atoms with Crippen LogP contribution in [0, 0.1) is 20.8 Å². The number of rotatable bonds is 3. The molecule has 32 heavy (non-hydrogen) atoms. The molecule has 0 unspecified atom stereocenters. The minimum absolute atomic E-state index is 0.0143. The Morgan fingerprint density at radius 3 is 2.28 bits per heavy atom. The molecule has 1 fully saturated rings. The van der Waals surface area contributed by atoms with E-state index in [1.54, 1.807) is 4.90 Å². The van der Waals surface area contributed by atoms with Crippen LogP contribution >= 0.6 is 0 Å². The number of benzene rings is 1. The summed E-state index contributed by atoms with van der Waals surface area (Å²) < 4.78 is 2.43. The molecule has 2 aromatic rings. The molecule has 1 saturated heterocycles. The van der Waals surface area contributed by atoms with Crippen LogP contribution in [0.2, 0.25) is 0 Å². The van der Waals surface area contributed by atoms with Crippen LogP contribution in [-0.2, 0) is 18.5 Å². The molecule has 3 heterocycles. The standard InChI is InChI=1S/C26H39N5O/c1-18(2)31-21(5)27-24-23(31)16-29(15-22-13-19(3)12-20(4)14-22)17-26(24)8-10-30(11-9-26)25(32)28(6)7/h12-14,18H,8-11,15-17H2,1-7H3. The first kappa shape index (κ1) is 22.8. The zero-order valence-corrected chi connectivity index (χ0v) is 20.9. The van der Waals surface area contributed by atoms with Crippen LogP contribution in [0.25, 0.3) is 0 Å². The molecule has 174 valence electrons. The van der Waals surface area contributed by atoms with Crippen LogP contribution in [0.15, 0.2) is 18.2 Å². The Balaban J connectivity index is 1.67. The van der Waals surface area contributed by atoms with Crippen molar-refractivity contribution in [1.82, 2.24) is 24.3 Å². The molecule has 1 aromatic carbocycles. The summed E-state index contributed by atoms with van der Waals surface area (Å²) >= 11 is 0. The van der Waals surface area contributed by atoms with Gasteiger partial charge in [0.05, 0.1) is 11.4 Å². The fourth-order valence-electron chi connectivity index (χ4n) is 5.96. The number of aromatic nitrogens is 2. The van der Waals surface area contributed by atoms with Crippen molar-refractivity contribution in [2.45, 2.75) is 72.0 Å². The molecule has 0 radical (unpaired) electrons. The summed E-state index contributed by atoms with van der Waals surface area (Å²) in [5, 5.41) is 0. The quantitative estimate of drug-likeness (QED) is 0.714. The topological polar surface area (TPSA) is 44.6 Å². The Hall–Kier alpha value is -2.34. The second kappa shape index (κ2) is 8.54. The molecule has 6 nitrogen and oxygen atoms in total. The van der Waals surface area contributed by atoms with Crippen molar-refractivity contribution in [2.24, 2.45) is 0 Å². The number of hydrogen-bond donors (Lipinski definition) is 0. The average Bonchev–Trinajstić information content (AvgIpc) is 3.04. The van der Waals surface area contributed by atoms with E-state index in [2.05, 4.69) is 62.3 Å². The number of nitrogens with zero attached hydrogens (tertiary/aromatic N) is 5. The lowest BCUT2D eigenvalue weighted by Crippen LogP contribution is -2.54. The maximum atomic E-state index is 12.6. The fraction of sp³-hybridized carbons (Fsp3) is 0.615. The lowest BCUT2D eigenvalue weighted by molar-refractivity contribution is 0.0914. The normalized spacial score (nSPS) is 18.3. The maximum absolute atomic E-state index is 12.6. The summed E-state index contributed by atoms with van der Waals surface area (Å²) in [6, 6.07) is 7.39. The third-order valence-electron chi connectivity index (χ3n) is 7.17. The predicted molar refractivity (Wildman–Crippen MR) is 129 cm³/mol. The van der Waals surface area contributed by atoms with Crippen LogP contribution in [0.3, 0.4) is 0 Å². The highest BCUT2D eigenvalue weighted by Gasteiger charge is 2.46. The van der Waals surface area contributed by atoms with Crippen molar-refractivity contribution >= 4 is 6.03 Å². The highest BCUT2D eigenvalue weighted by molar-refractivity contribution is 5.74. The van der Waals surface area contributed by atoms with Crippen LogP contribution in [0.4, 0.5) is 4.79 Å². The van der Waals surface area contributed by atoms with Gasteiger partial charge in [-0.05, 0) is 53.0 Å². The zero-order chi connectivity index (χ0) is 23.2. The first-order chi connectivity index (χ1) is 15.1. The Labute approximate surface area is 193 Å². The smallest absolute Gasteiger partial charge is 0.319 e. The SMILES string of the molecule is Cc1cc(C)cc(CN2Cc3c(nc(C)n3C(C)C)C3(CCN(C(=O)N(C)C)CC3)C2)c1. The van der Waals surface area contributed by atoms with E-state index in [0.717, 1.165) is 51.4 Å². The van der Waals surface area contributed by atoms with Gasteiger partial charge in [-0.2, -0.15) is 0 Å². The molecule has 1 aromatic heterocycles. The highest BCUT2D eigenvalue weighted by Crippen LogP contribution is 2.43. The van der Waals surface area contributed by atoms with Gasteiger partial charge in [0.2, 0.25) is 0 Å². The van der Waals surface area contributed by atoms with Crippen molar-refractivity contribution in [1.29, 1.82) is 0 Å². The molecule has 0 saturated carbocycles. The van der Waals surface area contributed by atoms with Crippen molar-refractivity contribution in [3.63, 3.8) is 0 Å². The number of imidazole rings is 1. The number of aryl methyl sites for hydroxylation is 3. The van der Waals surface area contributed by atoms with E-state index in [4.69, 9.17) is 4.98 Å². The molecule has 0 N–H and O–H groups in total. The zero-order valence-electron chi connectivity index (χ0n) is 20.9. The number of urea groups is 1. The molecule has 2 amide bonds. The average molecular weight is 438 g/mol. The molecule has 2 aliphatic rings. The Kier molecular flexibility index (Phi) is 6.10. The number of likely N-dealkylation sites (tertiary alicyclic amines) is 1. The van der Waals surface area contributed by atoms with Gasteiger partial charge in [-0.3, -0.25) is 4.90 Å². The van der Waals surface area contributed by atoms with E-state index in [-0.39, 0.29) is 11.4 Å². The second-order valence-electron chi connectivity index (χ2n) is 10.5. The summed E-state index contributed by atoms with van der Waals surface area (Å²) in [4.78, 5) is 24.0. The molecule has 0 aliphatic carbocycles. The second-order valence-corrected chi connectivity index (χ2v) is 10.5. The largest absolute Gasteiger partial charge is 0.331 e. The van der Waals surface area contributed by atoms with Gasteiger partial charge in [0.15, 0.2) is 0 Å². The Morgan fingerprint density at radius 2 is 1.72 bits per heavy atom. The lowest BCUT2D eigenvalue weighted by Gasteiger charge is -2.47. The molecular weight excluding hydrogens is 398 g/mol. The number of amides is 2. The van der Waals surface area contributed by atoms with Gasteiger partial charge >= 0.3 is 6.03 Å². The van der Waals surface area contributed by atoms with Crippen LogP contribution in [0.1, 0.15) is 66.6 Å². The predicted octanol–water partition coefficient (Wildman–Crippen LogP) is 4.42. The van der Waals surface area contributed by atoms with Crippen molar-refractivity contribution < 1.29 is 4.79 Å². The number of hydrogen-bond acceptors (Lipinski definition) is 3. The number of carbonyl (C=O) groups excluding carboxylic acids is 1. The van der Waals surface area contributed by atoms with Gasteiger partial charge in [0.1, 0.15) is 5.82 Å². The van der Waals surface area contributed by atoms with Gasteiger partial charge in [-0.1, -0.05) is 29.3 Å². The van der Waals surface area contributed by atoms with E-state index in [0.29, 0.717) is 6.04 Å². The molecule has 0 bridgehead atoms. The van der Waals surface area contributed by atoms with Crippen molar-refractivity contribution in [2.75, 3.05) is 33.7 Å². The van der Waals surface area contributed by atoms with Gasteiger partial charge in [0.25, 0.3) is 0 Å². The molecule has 1 spiro atoms. The third kappa shape index (κ3) is 4.17. The molecule has 6 heteroatoms. The van der Waals surface area contributed by atoms with Crippen molar-refractivity contribution in [3.8, 4) is 0 Å². The molecular formula is C26H39N5O. The number of piperidine rings is 1. The van der Waals surface area contributed by atoms with E-state index >= 15 is 0 Å². The van der Waals surface area contributed by atoms with Crippen LogP contribution in [-0.4, -0.2) is 64.0 Å². The van der Waals surface area contributed by atoms with E-state index < -0.39 is 0 Å². The number of carbonyl (C=O) groups is 1. The third-order valence-corrected chi connectivity index (χ3v) is 7.17. The lowest BCUT2D eigenvalue weighted by atomic mass is 9.72. The molecule has 0 atom stereocenters. The van der Waals surface area contributed by atoms with Crippen LogP contribution < -0.4 is 0 Å². The minimum atomic E-state index is 0.0143. The van der Waals surface area contributed by atoms with Gasteiger partial charge in [0, 0.05) is 58.3 Å². The summed E-state index contributed by atoms with van der Waals surface area (Å²) in [7, 11) is 3.68. The summed E-state index contributed by atoms with van der Waals surface area (Å²) in [6.45, 7) is 15.5. The van der Waals surface area contributed by atoms with Crippen molar-refractivity contribution in [3.05, 3.63) is 52.1 Å². The maximum Gasteiger partial charge on any atom is 0.319 e.